The maximum Gasteiger partial charge on any atom is 0.337 e. The molecule has 0 bridgehead atoms. The minimum atomic E-state index is -1.05. The van der Waals surface area contributed by atoms with Gasteiger partial charge in [-0.1, -0.05) is 0 Å². The van der Waals surface area contributed by atoms with Crippen LogP contribution < -0.4 is 5.32 Å². The highest BCUT2D eigenvalue weighted by Gasteiger charge is 2.12. The van der Waals surface area contributed by atoms with Crippen LogP contribution in [-0.2, 0) is 4.79 Å². The van der Waals surface area contributed by atoms with Gasteiger partial charge in [-0.2, -0.15) is 0 Å². The van der Waals surface area contributed by atoms with Crippen LogP contribution in [0.25, 0.3) is 0 Å². The number of hydrogen-bond acceptors (Lipinski definition) is 2. The van der Waals surface area contributed by atoms with Crippen molar-refractivity contribution in [3.63, 3.8) is 0 Å². The number of amides is 1. The number of anilines is 1. The third kappa shape index (κ3) is 5.30. The maximum atomic E-state index is 11.7. The quantitative estimate of drug-likeness (QED) is 0.459. The third-order valence-electron chi connectivity index (χ3n) is 2.46. The number of carbonyl (C=O) groups is 2. The summed E-state index contributed by atoms with van der Waals surface area (Å²) >= 11 is 2.03. The van der Waals surface area contributed by atoms with Crippen molar-refractivity contribution in [2.24, 2.45) is 0 Å². The zero-order valence-corrected chi connectivity index (χ0v) is 12.4. The van der Waals surface area contributed by atoms with E-state index in [0.717, 1.165) is 9.99 Å². The number of carbonyl (C=O) groups excluding carboxylic acids is 1. The van der Waals surface area contributed by atoms with Crippen molar-refractivity contribution < 1.29 is 14.7 Å². The Morgan fingerprint density at radius 3 is 2.74 bits per heavy atom. The molecule has 0 aliphatic heterocycles. The monoisotopic (exact) mass is 371 g/mol. The highest BCUT2D eigenvalue weighted by molar-refractivity contribution is 14.1. The highest BCUT2D eigenvalue weighted by atomic mass is 127. The molecule has 0 atom stereocenters. The second-order valence-corrected chi connectivity index (χ2v) is 5.20. The lowest BCUT2D eigenvalue weighted by atomic mass is 10.1. The van der Waals surface area contributed by atoms with E-state index in [1.165, 1.54) is 6.07 Å². The molecule has 0 aliphatic rings. The standard InChI is InChI=1S/C14H14INO3/c1-2-3-4-5-6-13(17)16-12-8-7-10(15)9-11(12)14(18)19/h1,7-9H,3-6H2,(H,16,17)(H,18,19). The number of rotatable bonds is 6. The summed E-state index contributed by atoms with van der Waals surface area (Å²) in [5, 5.41) is 11.7. The van der Waals surface area contributed by atoms with Crippen LogP contribution in [-0.4, -0.2) is 17.0 Å². The predicted octanol–water partition coefficient (Wildman–Crippen LogP) is 3.12. The summed E-state index contributed by atoms with van der Waals surface area (Å²) in [5.41, 5.74) is 0.429. The van der Waals surface area contributed by atoms with Crippen LogP contribution >= 0.6 is 22.6 Å². The Hall–Kier alpha value is -1.55. The molecule has 0 spiro atoms. The van der Waals surface area contributed by atoms with Gasteiger partial charge >= 0.3 is 5.97 Å². The second-order valence-electron chi connectivity index (χ2n) is 3.95. The molecule has 4 nitrogen and oxygen atoms in total. The zero-order valence-electron chi connectivity index (χ0n) is 10.3. The fourth-order valence-electron chi connectivity index (χ4n) is 1.53. The van der Waals surface area contributed by atoms with Gasteiger partial charge in [-0.25, -0.2) is 4.79 Å². The molecule has 100 valence electrons. The molecule has 5 heteroatoms. The highest BCUT2D eigenvalue weighted by Crippen LogP contribution is 2.19. The Morgan fingerprint density at radius 2 is 2.11 bits per heavy atom. The fourth-order valence-corrected chi connectivity index (χ4v) is 2.02. The van der Waals surface area contributed by atoms with Gasteiger partial charge in [0.15, 0.2) is 0 Å². The molecule has 19 heavy (non-hydrogen) atoms. The summed E-state index contributed by atoms with van der Waals surface area (Å²) in [7, 11) is 0. The zero-order chi connectivity index (χ0) is 14.3. The van der Waals surface area contributed by atoms with Gasteiger partial charge in [0.2, 0.25) is 5.91 Å². The van der Waals surface area contributed by atoms with E-state index in [1.54, 1.807) is 12.1 Å². The number of carboxylic acids is 1. The van der Waals surface area contributed by atoms with E-state index in [4.69, 9.17) is 11.5 Å². The number of terminal acetylenes is 1. The maximum absolute atomic E-state index is 11.7. The van der Waals surface area contributed by atoms with Gasteiger partial charge in [0.05, 0.1) is 11.3 Å². The molecule has 0 radical (unpaired) electrons. The summed E-state index contributed by atoms with van der Waals surface area (Å²) < 4.78 is 0.807. The molecule has 0 unspecified atom stereocenters. The Bertz CT molecular complexity index is 520. The Balaban J connectivity index is 2.64. The van der Waals surface area contributed by atoms with Crippen molar-refractivity contribution in [1.29, 1.82) is 0 Å². The molecular formula is C14H14INO3. The van der Waals surface area contributed by atoms with Crippen molar-refractivity contribution >= 4 is 40.2 Å². The first-order valence-corrected chi connectivity index (χ1v) is 6.88. The topological polar surface area (TPSA) is 66.4 Å². The molecule has 0 saturated heterocycles. The van der Waals surface area contributed by atoms with Crippen molar-refractivity contribution in [3.05, 3.63) is 27.3 Å². The van der Waals surface area contributed by atoms with E-state index in [0.29, 0.717) is 24.9 Å². The van der Waals surface area contributed by atoms with Crippen LogP contribution in [0.2, 0.25) is 0 Å². The van der Waals surface area contributed by atoms with Crippen molar-refractivity contribution in [1.82, 2.24) is 0 Å². The van der Waals surface area contributed by atoms with Crippen molar-refractivity contribution in [2.45, 2.75) is 25.7 Å². The van der Waals surface area contributed by atoms with E-state index < -0.39 is 5.97 Å². The van der Waals surface area contributed by atoms with Gasteiger partial charge in [-0.3, -0.25) is 4.79 Å². The minimum absolute atomic E-state index is 0.101. The van der Waals surface area contributed by atoms with Crippen LogP contribution in [0.5, 0.6) is 0 Å². The Morgan fingerprint density at radius 1 is 1.37 bits per heavy atom. The minimum Gasteiger partial charge on any atom is -0.478 e. The lowest BCUT2D eigenvalue weighted by molar-refractivity contribution is -0.116. The van der Waals surface area contributed by atoms with Crippen molar-refractivity contribution in [2.75, 3.05) is 5.32 Å². The number of nitrogens with one attached hydrogen (secondary N) is 1. The molecule has 2 N–H and O–H groups in total. The molecule has 1 rings (SSSR count). The SMILES string of the molecule is C#CCCCCC(=O)Nc1ccc(I)cc1C(=O)O. The molecule has 1 amide bonds. The lowest BCUT2D eigenvalue weighted by Gasteiger charge is -2.08. The lowest BCUT2D eigenvalue weighted by Crippen LogP contribution is -2.14. The number of halogens is 1. The number of benzene rings is 1. The van der Waals surface area contributed by atoms with Gasteiger partial charge in [-0.05, 0) is 53.6 Å². The summed E-state index contributed by atoms with van der Waals surface area (Å²) in [4.78, 5) is 22.8. The molecule has 1 aromatic rings. The summed E-state index contributed by atoms with van der Waals surface area (Å²) in [6, 6.07) is 4.88. The molecule has 0 aliphatic carbocycles. The van der Waals surface area contributed by atoms with E-state index in [-0.39, 0.29) is 11.5 Å². The van der Waals surface area contributed by atoms with Gasteiger partial charge in [0.25, 0.3) is 0 Å². The third-order valence-corrected chi connectivity index (χ3v) is 3.13. The van der Waals surface area contributed by atoms with Gasteiger partial charge < -0.3 is 10.4 Å². The summed E-state index contributed by atoms with van der Waals surface area (Å²) in [6.45, 7) is 0. The average Bonchev–Trinajstić information content (AvgIpc) is 2.36. The molecule has 1 aromatic carbocycles. The van der Waals surface area contributed by atoms with Crippen LogP contribution in [0.4, 0.5) is 5.69 Å². The largest absolute Gasteiger partial charge is 0.478 e. The average molecular weight is 371 g/mol. The normalized spacial score (nSPS) is 9.68. The summed E-state index contributed by atoms with van der Waals surface area (Å²) in [5.74, 6) is 1.26. The summed E-state index contributed by atoms with van der Waals surface area (Å²) in [6.07, 6.45) is 7.60. The smallest absolute Gasteiger partial charge is 0.337 e. The van der Waals surface area contributed by atoms with Crippen LogP contribution in [0, 0.1) is 15.9 Å². The molecule has 0 saturated carbocycles. The Labute approximate surface area is 125 Å². The number of aromatic carboxylic acids is 1. The molecule has 0 aromatic heterocycles. The van der Waals surface area contributed by atoms with Crippen LogP contribution in [0.15, 0.2) is 18.2 Å². The predicted molar refractivity (Wildman–Crippen MR) is 82.0 cm³/mol. The van der Waals surface area contributed by atoms with Gasteiger partial charge in [-0.15, -0.1) is 12.3 Å². The van der Waals surface area contributed by atoms with Crippen molar-refractivity contribution in [3.8, 4) is 12.3 Å². The van der Waals surface area contributed by atoms with Crippen LogP contribution in [0.3, 0.4) is 0 Å². The first kappa shape index (κ1) is 15.5. The number of carboxylic acid groups (broad SMARTS) is 1. The molecule has 0 heterocycles. The van der Waals surface area contributed by atoms with E-state index in [2.05, 4.69) is 11.2 Å². The molecule has 0 fully saturated rings. The van der Waals surface area contributed by atoms with E-state index in [1.807, 2.05) is 22.6 Å². The van der Waals surface area contributed by atoms with E-state index in [9.17, 15) is 9.59 Å². The first-order valence-electron chi connectivity index (χ1n) is 5.80. The number of unbranched alkanes of at least 4 members (excludes halogenated alkanes) is 2. The Kier molecular flexibility index (Phi) is 6.36. The fraction of sp³-hybridized carbons (Fsp3) is 0.286. The van der Waals surface area contributed by atoms with E-state index >= 15 is 0 Å². The first-order chi connectivity index (χ1) is 9.04. The van der Waals surface area contributed by atoms with Crippen LogP contribution in [0.1, 0.15) is 36.0 Å². The second kappa shape index (κ2) is 7.79. The van der Waals surface area contributed by atoms with Gasteiger partial charge in [0, 0.05) is 16.4 Å². The van der Waals surface area contributed by atoms with Gasteiger partial charge in [0.1, 0.15) is 0 Å². The number of hydrogen-bond donors (Lipinski definition) is 2. The molecular weight excluding hydrogens is 357 g/mol.